The van der Waals surface area contributed by atoms with Crippen LogP contribution < -0.4 is 10.6 Å². The molecule has 20 heavy (non-hydrogen) atoms. The van der Waals surface area contributed by atoms with Gasteiger partial charge in [0, 0.05) is 16.5 Å². The molecular weight excluding hydrogens is 268 g/mol. The largest absolute Gasteiger partial charge is 0.383 e. The van der Waals surface area contributed by atoms with Crippen LogP contribution in [0.3, 0.4) is 0 Å². The summed E-state index contributed by atoms with van der Waals surface area (Å²) in [7, 11) is 0. The van der Waals surface area contributed by atoms with E-state index < -0.39 is 0 Å². The monoisotopic (exact) mass is 288 g/mol. The van der Waals surface area contributed by atoms with Gasteiger partial charge in [0.25, 0.3) is 0 Å². The van der Waals surface area contributed by atoms with Gasteiger partial charge in [-0.3, -0.25) is 0 Å². The van der Waals surface area contributed by atoms with E-state index in [4.69, 9.17) is 5.73 Å². The first-order valence-electron chi connectivity index (χ1n) is 7.18. The molecular formula is C15H20N4S. The van der Waals surface area contributed by atoms with E-state index in [9.17, 15) is 0 Å². The van der Waals surface area contributed by atoms with Crippen LogP contribution in [-0.4, -0.2) is 16.0 Å². The molecule has 1 aliphatic rings. The van der Waals surface area contributed by atoms with Gasteiger partial charge < -0.3 is 10.6 Å². The van der Waals surface area contributed by atoms with E-state index in [0.717, 1.165) is 30.8 Å². The highest BCUT2D eigenvalue weighted by Crippen LogP contribution is 2.35. The van der Waals surface area contributed by atoms with Gasteiger partial charge in [0.1, 0.15) is 18.0 Å². The Morgan fingerprint density at radius 2 is 2.25 bits per heavy atom. The van der Waals surface area contributed by atoms with Gasteiger partial charge in [-0.2, -0.15) is 0 Å². The third-order valence-corrected chi connectivity index (χ3v) is 4.48. The highest BCUT2D eigenvalue weighted by molar-refractivity contribution is 7.09. The minimum absolute atomic E-state index is 0.613. The summed E-state index contributed by atoms with van der Waals surface area (Å²) in [5, 5.41) is 2.13. The van der Waals surface area contributed by atoms with Crippen molar-refractivity contribution in [2.75, 3.05) is 10.6 Å². The zero-order chi connectivity index (χ0) is 13.9. The smallest absolute Gasteiger partial charge is 0.137 e. The van der Waals surface area contributed by atoms with Crippen LogP contribution in [0.4, 0.5) is 11.6 Å². The molecule has 1 fully saturated rings. The average Bonchev–Trinajstić information content (AvgIpc) is 3.16. The molecule has 0 bridgehead atoms. The fourth-order valence-electron chi connectivity index (χ4n) is 2.49. The Morgan fingerprint density at radius 3 is 2.90 bits per heavy atom. The lowest BCUT2D eigenvalue weighted by Crippen LogP contribution is -2.27. The summed E-state index contributed by atoms with van der Waals surface area (Å²) in [5.74, 6) is 1.67. The molecule has 0 spiro atoms. The van der Waals surface area contributed by atoms with Crippen molar-refractivity contribution < 1.29 is 0 Å². The number of nitrogens with two attached hydrogens (primary N) is 1. The third kappa shape index (κ3) is 2.77. The SMILES string of the molecule is CCCc1c(N)ncnc1N(Cc1cccs1)C1CC1. The first kappa shape index (κ1) is 13.4. The summed E-state index contributed by atoms with van der Waals surface area (Å²) in [6, 6.07) is 4.90. The second kappa shape index (κ2) is 5.79. The minimum atomic E-state index is 0.613. The summed E-state index contributed by atoms with van der Waals surface area (Å²) in [5.41, 5.74) is 7.17. The molecule has 2 heterocycles. The number of nitrogen functional groups attached to an aromatic ring is 1. The first-order chi connectivity index (χ1) is 9.79. The molecule has 106 valence electrons. The normalized spacial score (nSPS) is 14.4. The summed E-state index contributed by atoms with van der Waals surface area (Å²) >= 11 is 1.80. The summed E-state index contributed by atoms with van der Waals surface area (Å²) in [6.45, 7) is 3.09. The Balaban J connectivity index is 1.93. The summed E-state index contributed by atoms with van der Waals surface area (Å²) in [4.78, 5) is 12.5. The lowest BCUT2D eigenvalue weighted by Gasteiger charge is -2.25. The van der Waals surface area contributed by atoms with Gasteiger partial charge >= 0.3 is 0 Å². The second-order valence-corrected chi connectivity index (χ2v) is 6.28. The number of rotatable bonds is 6. The van der Waals surface area contributed by atoms with Crippen molar-refractivity contribution in [1.29, 1.82) is 0 Å². The highest BCUT2D eigenvalue weighted by Gasteiger charge is 2.32. The minimum Gasteiger partial charge on any atom is -0.383 e. The molecule has 0 amide bonds. The molecule has 0 aromatic carbocycles. The van der Waals surface area contributed by atoms with Crippen LogP contribution in [0.15, 0.2) is 23.8 Å². The van der Waals surface area contributed by atoms with Crippen LogP contribution in [0, 0.1) is 0 Å². The van der Waals surface area contributed by atoms with Crippen molar-refractivity contribution in [2.45, 2.75) is 45.2 Å². The molecule has 0 saturated heterocycles. The van der Waals surface area contributed by atoms with Crippen molar-refractivity contribution in [3.8, 4) is 0 Å². The Kier molecular flexibility index (Phi) is 3.87. The van der Waals surface area contributed by atoms with Crippen molar-refractivity contribution in [2.24, 2.45) is 0 Å². The first-order valence-corrected chi connectivity index (χ1v) is 8.06. The number of aromatic nitrogens is 2. The molecule has 0 radical (unpaired) electrons. The van der Waals surface area contributed by atoms with Crippen LogP contribution in [0.1, 0.15) is 36.6 Å². The van der Waals surface area contributed by atoms with Crippen LogP contribution in [-0.2, 0) is 13.0 Å². The summed E-state index contributed by atoms with van der Waals surface area (Å²) < 4.78 is 0. The summed E-state index contributed by atoms with van der Waals surface area (Å²) in [6.07, 6.45) is 6.09. The predicted molar refractivity (Wildman–Crippen MR) is 84.0 cm³/mol. The van der Waals surface area contributed by atoms with E-state index in [-0.39, 0.29) is 0 Å². The maximum Gasteiger partial charge on any atom is 0.137 e. The molecule has 4 nitrogen and oxygen atoms in total. The molecule has 2 aromatic rings. The molecule has 1 aliphatic carbocycles. The van der Waals surface area contributed by atoms with E-state index in [1.54, 1.807) is 17.7 Å². The van der Waals surface area contributed by atoms with Gasteiger partial charge in [-0.05, 0) is 30.7 Å². The quantitative estimate of drug-likeness (QED) is 0.886. The molecule has 2 aromatic heterocycles. The van der Waals surface area contributed by atoms with Crippen LogP contribution in [0.25, 0.3) is 0 Å². The van der Waals surface area contributed by atoms with Crippen molar-refractivity contribution in [3.05, 3.63) is 34.3 Å². The molecule has 0 unspecified atom stereocenters. The molecule has 3 rings (SSSR count). The van der Waals surface area contributed by atoms with Gasteiger partial charge in [0.05, 0.1) is 6.54 Å². The van der Waals surface area contributed by atoms with Crippen molar-refractivity contribution in [1.82, 2.24) is 9.97 Å². The highest BCUT2D eigenvalue weighted by atomic mass is 32.1. The Hall–Kier alpha value is -1.62. The second-order valence-electron chi connectivity index (χ2n) is 5.25. The van der Waals surface area contributed by atoms with E-state index in [0.29, 0.717) is 11.9 Å². The molecule has 0 aliphatic heterocycles. The fraction of sp³-hybridized carbons (Fsp3) is 0.467. The van der Waals surface area contributed by atoms with Gasteiger partial charge in [0.15, 0.2) is 0 Å². The van der Waals surface area contributed by atoms with E-state index in [1.165, 1.54) is 17.7 Å². The zero-order valence-electron chi connectivity index (χ0n) is 11.7. The molecule has 2 N–H and O–H groups in total. The zero-order valence-corrected chi connectivity index (χ0v) is 12.6. The van der Waals surface area contributed by atoms with Gasteiger partial charge in [-0.1, -0.05) is 19.4 Å². The Bertz CT molecular complexity index is 563. The standard InChI is InChI=1S/C15H20N4S/c1-2-4-13-14(16)17-10-18-15(13)19(11-6-7-11)9-12-5-3-8-20-12/h3,5,8,10-11H,2,4,6-7,9H2,1H3,(H2,16,17,18). The lowest BCUT2D eigenvalue weighted by atomic mass is 10.1. The molecule has 1 saturated carbocycles. The number of nitrogens with zero attached hydrogens (tertiary/aromatic N) is 3. The molecule has 5 heteroatoms. The van der Waals surface area contributed by atoms with Crippen LogP contribution >= 0.6 is 11.3 Å². The van der Waals surface area contributed by atoms with Crippen molar-refractivity contribution in [3.63, 3.8) is 0 Å². The Labute approximate surface area is 123 Å². The van der Waals surface area contributed by atoms with E-state index in [2.05, 4.69) is 39.3 Å². The topological polar surface area (TPSA) is 55.0 Å². The van der Waals surface area contributed by atoms with Gasteiger partial charge in [-0.15, -0.1) is 11.3 Å². The maximum absolute atomic E-state index is 6.06. The predicted octanol–water partition coefficient (Wildman–Crippen LogP) is 3.24. The average molecular weight is 288 g/mol. The van der Waals surface area contributed by atoms with Crippen molar-refractivity contribution >= 4 is 23.0 Å². The molecule has 0 atom stereocenters. The lowest BCUT2D eigenvalue weighted by molar-refractivity contribution is 0.767. The number of hydrogen-bond acceptors (Lipinski definition) is 5. The number of anilines is 2. The van der Waals surface area contributed by atoms with Crippen LogP contribution in [0.5, 0.6) is 0 Å². The Morgan fingerprint density at radius 1 is 1.40 bits per heavy atom. The van der Waals surface area contributed by atoms with Gasteiger partial charge in [0.2, 0.25) is 0 Å². The van der Waals surface area contributed by atoms with Gasteiger partial charge in [-0.25, -0.2) is 9.97 Å². The number of thiophene rings is 1. The maximum atomic E-state index is 6.06. The van der Waals surface area contributed by atoms with E-state index >= 15 is 0 Å². The fourth-order valence-corrected chi connectivity index (χ4v) is 3.19. The van der Waals surface area contributed by atoms with Crippen LogP contribution in [0.2, 0.25) is 0 Å². The number of hydrogen-bond donors (Lipinski definition) is 1. The van der Waals surface area contributed by atoms with E-state index in [1.807, 2.05) is 0 Å². The third-order valence-electron chi connectivity index (χ3n) is 3.62.